The molecule has 6 rings (SSSR count). The summed E-state index contributed by atoms with van der Waals surface area (Å²) in [5.41, 5.74) is 2.27. The molecule has 2 aromatic heterocycles. The fourth-order valence-electron chi connectivity index (χ4n) is 4.11. The molecule has 0 amide bonds. The second-order valence-electron chi connectivity index (χ2n) is 8.61. The monoisotopic (exact) mass is 602 g/mol. The highest BCUT2D eigenvalue weighted by atomic mass is 35.5. The number of rotatable bonds is 5. The highest BCUT2D eigenvalue weighted by Gasteiger charge is 2.25. The van der Waals surface area contributed by atoms with Gasteiger partial charge in [-0.05, 0) is 43.6 Å². The fourth-order valence-corrected chi connectivity index (χ4v) is 4.16. The topological polar surface area (TPSA) is 134 Å². The summed E-state index contributed by atoms with van der Waals surface area (Å²) in [6.45, 7) is 4.10. The number of hydrogen-bond donors (Lipinski definition) is 0. The van der Waals surface area contributed by atoms with Gasteiger partial charge in [0.2, 0.25) is 13.6 Å². The van der Waals surface area contributed by atoms with E-state index in [1.165, 1.54) is 10.9 Å². The number of fused-ring (bicyclic) bond motifs is 4. The first-order valence-electron chi connectivity index (χ1n) is 12.5. The summed E-state index contributed by atoms with van der Waals surface area (Å²) in [6, 6.07) is 9.59. The number of carbonyl (C=O) groups is 4. The van der Waals surface area contributed by atoms with Gasteiger partial charge in [-0.3, -0.25) is 9.59 Å². The Kier molecular flexibility index (Phi) is 10.4. The molecule has 0 saturated carbocycles. The van der Waals surface area contributed by atoms with E-state index in [0.717, 1.165) is 17.0 Å². The standard InChI is InChI=1S/C14H13NO5.C10H9NO2.C4H5ClO3.CH4/c1-3-18-14(17)13(16)9-6-15(2)10-5-12-11(4-8(9)10)19-7-20-12;1-11-3-2-7-4-9-10(5-8(7)11)13-6-12-9;1-2-8-4(7)3(5)6;/h4-6H,3,7H2,1-2H3;2-5H,6H2,1H3;2H2,1H3;1H4. The number of halogens is 1. The molecule has 224 valence electrons. The Bertz CT molecular complexity index is 1640. The molecule has 12 nitrogen and oxygen atoms in total. The van der Waals surface area contributed by atoms with Crippen molar-refractivity contribution < 1.29 is 47.6 Å². The molecule has 42 heavy (non-hydrogen) atoms. The van der Waals surface area contributed by atoms with Gasteiger partial charge < -0.3 is 37.6 Å². The van der Waals surface area contributed by atoms with Gasteiger partial charge in [0.05, 0.1) is 29.8 Å². The first kappa shape index (κ1) is 31.8. The van der Waals surface area contributed by atoms with Gasteiger partial charge >= 0.3 is 17.2 Å². The molecule has 0 aliphatic carbocycles. The second-order valence-corrected chi connectivity index (χ2v) is 8.95. The minimum absolute atomic E-state index is 0. The van der Waals surface area contributed by atoms with Crippen LogP contribution in [0, 0.1) is 0 Å². The van der Waals surface area contributed by atoms with E-state index in [2.05, 4.69) is 15.4 Å². The van der Waals surface area contributed by atoms with Gasteiger partial charge in [0, 0.05) is 49.4 Å². The maximum atomic E-state index is 12.1. The van der Waals surface area contributed by atoms with E-state index in [0.29, 0.717) is 29.2 Å². The molecule has 4 heterocycles. The minimum atomic E-state index is -1.08. The SMILES string of the molecule is C.CCOC(=O)C(=O)Cl.CCOC(=O)C(=O)c1cn(C)c2cc3c(cc12)OCO3.Cn1ccc2cc3c(cc21)OCO3. The van der Waals surface area contributed by atoms with Gasteiger partial charge in [-0.15, -0.1) is 0 Å². The highest BCUT2D eigenvalue weighted by molar-refractivity contribution is 6.80. The predicted molar refractivity (Wildman–Crippen MR) is 153 cm³/mol. The number of aryl methyl sites for hydroxylation is 2. The smallest absolute Gasteiger partial charge is 0.391 e. The second kappa shape index (κ2) is 13.8. The molecule has 0 atom stereocenters. The van der Waals surface area contributed by atoms with E-state index >= 15 is 0 Å². The van der Waals surface area contributed by atoms with Crippen LogP contribution in [0.15, 0.2) is 42.7 Å². The van der Waals surface area contributed by atoms with E-state index in [-0.39, 0.29) is 27.4 Å². The first-order valence-corrected chi connectivity index (χ1v) is 12.8. The van der Waals surface area contributed by atoms with Gasteiger partial charge in [-0.1, -0.05) is 7.43 Å². The maximum absolute atomic E-state index is 12.1. The zero-order valence-corrected chi connectivity index (χ0v) is 23.5. The zero-order valence-electron chi connectivity index (χ0n) is 22.7. The Morgan fingerprint density at radius 1 is 0.786 bits per heavy atom. The van der Waals surface area contributed by atoms with Crippen LogP contribution < -0.4 is 18.9 Å². The van der Waals surface area contributed by atoms with Crippen LogP contribution >= 0.6 is 11.6 Å². The van der Waals surface area contributed by atoms with E-state index in [1.54, 1.807) is 43.8 Å². The lowest BCUT2D eigenvalue weighted by Crippen LogP contribution is -2.17. The Morgan fingerprint density at radius 3 is 1.86 bits per heavy atom. The number of hydrogen-bond acceptors (Lipinski definition) is 10. The van der Waals surface area contributed by atoms with Gasteiger partial charge in [0.25, 0.3) is 5.78 Å². The number of nitrogens with zero attached hydrogens (tertiary/aromatic N) is 2. The summed E-state index contributed by atoms with van der Waals surface area (Å²) >= 11 is 4.69. The summed E-state index contributed by atoms with van der Waals surface area (Å²) in [4.78, 5) is 43.6. The molecule has 2 aliphatic heterocycles. The van der Waals surface area contributed by atoms with Crippen molar-refractivity contribution in [3.05, 3.63) is 48.3 Å². The summed E-state index contributed by atoms with van der Waals surface area (Å²) in [6.07, 6.45) is 3.64. The van der Waals surface area contributed by atoms with Crippen molar-refractivity contribution in [1.29, 1.82) is 0 Å². The molecule has 2 aliphatic rings. The van der Waals surface area contributed by atoms with Crippen molar-refractivity contribution >= 4 is 56.4 Å². The third-order valence-electron chi connectivity index (χ3n) is 6.00. The number of esters is 2. The number of Topliss-reactive ketones (excluding diaryl/α,β-unsaturated/α-hetero) is 1. The van der Waals surface area contributed by atoms with Crippen LogP contribution in [0.2, 0.25) is 0 Å². The molecule has 0 unspecified atom stereocenters. The molecular weight excluding hydrogens is 572 g/mol. The van der Waals surface area contributed by atoms with Crippen LogP contribution in [-0.4, -0.2) is 58.9 Å². The molecule has 2 aromatic carbocycles. The van der Waals surface area contributed by atoms with Crippen molar-refractivity contribution in [1.82, 2.24) is 9.13 Å². The summed E-state index contributed by atoms with van der Waals surface area (Å²) < 4.78 is 34.0. The average molecular weight is 603 g/mol. The van der Waals surface area contributed by atoms with Gasteiger partial charge in [0.15, 0.2) is 23.0 Å². The van der Waals surface area contributed by atoms with E-state index < -0.39 is 23.0 Å². The van der Waals surface area contributed by atoms with Crippen LogP contribution in [0.1, 0.15) is 31.6 Å². The van der Waals surface area contributed by atoms with Crippen molar-refractivity contribution in [3.8, 4) is 23.0 Å². The number of aromatic nitrogens is 2. The van der Waals surface area contributed by atoms with Crippen molar-refractivity contribution in [3.63, 3.8) is 0 Å². The lowest BCUT2D eigenvalue weighted by molar-refractivity contribution is -0.149. The van der Waals surface area contributed by atoms with Crippen LogP contribution in [0.25, 0.3) is 21.8 Å². The van der Waals surface area contributed by atoms with E-state index in [4.69, 9.17) is 35.3 Å². The fraction of sp³-hybridized carbons (Fsp3) is 0.310. The number of benzene rings is 2. The predicted octanol–water partition coefficient (Wildman–Crippen LogP) is 4.51. The van der Waals surface area contributed by atoms with Crippen molar-refractivity contribution in [2.24, 2.45) is 14.1 Å². The lowest BCUT2D eigenvalue weighted by atomic mass is 10.1. The molecule has 0 N–H and O–H groups in total. The Morgan fingerprint density at radius 2 is 1.31 bits per heavy atom. The summed E-state index contributed by atoms with van der Waals surface area (Å²) in [5, 5.41) is 0.758. The normalized spacial score (nSPS) is 11.9. The largest absolute Gasteiger partial charge is 0.460 e. The third kappa shape index (κ3) is 6.77. The molecule has 0 fully saturated rings. The van der Waals surface area contributed by atoms with Crippen molar-refractivity contribution in [2.75, 3.05) is 26.8 Å². The Hall–Kier alpha value is -4.71. The van der Waals surface area contributed by atoms with Crippen molar-refractivity contribution in [2.45, 2.75) is 21.3 Å². The molecule has 0 saturated heterocycles. The Balaban J connectivity index is 0.000000190. The molecule has 13 heteroatoms. The molecule has 0 bridgehead atoms. The van der Waals surface area contributed by atoms with Crippen LogP contribution in [-0.2, 0) is 38.0 Å². The molecule has 0 radical (unpaired) electrons. The number of ether oxygens (including phenoxy) is 6. The Labute approximate surface area is 246 Å². The van der Waals surface area contributed by atoms with Crippen LogP contribution in [0.5, 0.6) is 23.0 Å². The van der Waals surface area contributed by atoms with E-state index in [1.807, 2.05) is 25.4 Å². The van der Waals surface area contributed by atoms with Crippen LogP contribution in [0.4, 0.5) is 0 Å². The minimum Gasteiger partial charge on any atom is -0.460 e. The van der Waals surface area contributed by atoms with Gasteiger partial charge in [-0.2, -0.15) is 0 Å². The summed E-state index contributed by atoms with van der Waals surface area (Å²) in [7, 11) is 3.82. The first-order chi connectivity index (χ1) is 19.6. The zero-order chi connectivity index (χ0) is 29.7. The number of carbonyl (C=O) groups excluding carboxylic acids is 4. The molecular formula is C29H31ClN2O10. The third-order valence-corrected chi connectivity index (χ3v) is 6.16. The average Bonchev–Trinajstić information content (AvgIpc) is 3.74. The lowest BCUT2D eigenvalue weighted by Gasteiger charge is -2.01. The number of ketones is 1. The molecule has 0 spiro atoms. The van der Waals surface area contributed by atoms with Gasteiger partial charge in [-0.25, -0.2) is 9.59 Å². The van der Waals surface area contributed by atoms with Crippen LogP contribution in [0.3, 0.4) is 0 Å². The summed E-state index contributed by atoms with van der Waals surface area (Å²) in [5.74, 6) is 0.395. The molecule has 4 aromatic rings. The van der Waals surface area contributed by atoms with E-state index in [9.17, 15) is 19.2 Å². The van der Waals surface area contributed by atoms with Gasteiger partial charge in [0.1, 0.15) is 0 Å². The maximum Gasteiger partial charge on any atom is 0.391 e. The quantitative estimate of drug-likeness (QED) is 0.139. The highest BCUT2D eigenvalue weighted by Crippen LogP contribution is 2.38.